The minimum absolute atomic E-state index is 0.565. The molecule has 0 aliphatic heterocycles. The van der Waals surface area contributed by atoms with Crippen LogP contribution >= 0.6 is 11.6 Å². The third-order valence-electron chi connectivity index (χ3n) is 4.46. The molecule has 0 N–H and O–H groups in total. The Morgan fingerprint density at radius 2 is 2.10 bits per heavy atom. The monoisotopic (exact) mass is 301 g/mol. The summed E-state index contributed by atoms with van der Waals surface area (Å²) < 4.78 is 2.30. The zero-order valence-electron chi connectivity index (χ0n) is 12.2. The Balaban J connectivity index is 2.01. The van der Waals surface area contributed by atoms with Gasteiger partial charge in [0.05, 0.1) is 11.1 Å². The van der Waals surface area contributed by atoms with E-state index in [1.165, 1.54) is 32.1 Å². The Kier molecular flexibility index (Phi) is 4.45. The van der Waals surface area contributed by atoms with Gasteiger partial charge < -0.3 is 4.57 Å². The second kappa shape index (κ2) is 6.49. The van der Waals surface area contributed by atoms with E-state index in [1.54, 1.807) is 0 Å². The highest BCUT2D eigenvalue weighted by atomic mass is 35.5. The van der Waals surface area contributed by atoms with Crippen LogP contribution in [0.2, 0.25) is 0 Å². The van der Waals surface area contributed by atoms with Crippen molar-refractivity contribution in [1.29, 1.82) is 5.26 Å². The van der Waals surface area contributed by atoms with E-state index in [-0.39, 0.29) is 0 Å². The van der Waals surface area contributed by atoms with Crippen molar-refractivity contribution in [3.05, 3.63) is 29.6 Å². The fourth-order valence-corrected chi connectivity index (χ4v) is 3.56. The quantitative estimate of drug-likeness (QED) is 0.791. The highest BCUT2D eigenvalue weighted by molar-refractivity contribution is 6.17. The maximum atomic E-state index is 9.26. The zero-order chi connectivity index (χ0) is 14.7. The number of para-hydroxylation sites is 1. The molecule has 1 aromatic carbocycles. The summed E-state index contributed by atoms with van der Waals surface area (Å²) in [6, 6.07) is 8.11. The fraction of sp³-hybridized carbons (Fsp3) is 0.529. The Morgan fingerprint density at radius 1 is 1.29 bits per heavy atom. The first-order chi connectivity index (χ1) is 10.3. The first kappa shape index (κ1) is 14.4. The number of fused-ring (bicyclic) bond motifs is 1. The van der Waals surface area contributed by atoms with Crippen LogP contribution in [0.3, 0.4) is 0 Å². The van der Waals surface area contributed by atoms with Crippen LogP contribution in [0.25, 0.3) is 11.0 Å². The molecule has 1 aromatic heterocycles. The number of halogens is 1. The molecule has 0 unspecified atom stereocenters. The molecule has 0 radical (unpaired) electrons. The lowest BCUT2D eigenvalue weighted by atomic mass is 9.89. The van der Waals surface area contributed by atoms with Crippen LogP contribution in [0.5, 0.6) is 0 Å². The number of nitriles is 1. The first-order valence-corrected chi connectivity index (χ1v) is 8.31. The van der Waals surface area contributed by atoms with Crippen molar-refractivity contribution >= 4 is 22.6 Å². The van der Waals surface area contributed by atoms with Gasteiger partial charge in [0, 0.05) is 18.8 Å². The number of alkyl halides is 1. The van der Waals surface area contributed by atoms with Crippen molar-refractivity contribution in [2.24, 2.45) is 5.92 Å². The maximum Gasteiger partial charge on any atom is 0.111 e. The van der Waals surface area contributed by atoms with E-state index in [0.717, 1.165) is 35.7 Å². The Bertz CT molecular complexity index is 662. The second-order valence-electron chi connectivity index (χ2n) is 5.87. The van der Waals surface area contributed by atoms with Crippen molar-refractivity contribution in [3.63, 3.8) is 0 Å². The number of nitrogens with zero attached hydrogens (tertiary/aromatic N) is 3. The number of benzene rings is 1. The van der Waals surface area contributed by atoms with E-state index >= 15 is 0 Å². The molecule has 0 saturated heterocycles. The molecule has 1 saturated carbocycles. The van der Waals surface area contributed by atoms with Crippen LogP contribution in [0.15, 0.2) is 18.2 Å². The number of aryl methyl sites for hydroxylation is 1. The van der Waals surface area contributed by atoms with Crippen molar-refractivity contribution in [2.45, 2.75) is 45.1 Å². The summed E-state index contributed by atoms with van der Waals surface area (Å²) in [7, 11) is 0. The van der Waals surface area contributed by atoms with Gasteiger partial charge in [-0.25, -0.2) is 4.98 Å². The van der Waals surface area contributed by atoms with Gasteiger partial charge in [0.15, 0.2) is 0 Å². The summed E-state index contributed by atoms with van der Waals surface area (Å²) in [5.41, 5.74) is 2.57. The van der Waals surface area contributed by atoms with E-state index in [4.69, 9.17) is 16.6 Å². The molecule has 1 aliphatic rings. The van der Waals surface area contributed by atoms with Crippen LogP contribution in [0.1, 0.15) is 43.5 Å². The molecule has 3 nitrogen and oxygen atoms in total. The van der Waals surface area contributed by atoms with Gasteiger partial charge in [-0.1, -0.05) is 25.3 Å². The molecule has 1 heterocycles. The highest BCUT2D eigenvalue weighted by Gasteiger charge is 2.19. The highest BCUT2D eigenvalue weighted by Crippen LogP contribution is 2.28. The molecule has 0 atom stereocenters. The second-order valence-corrected chi connectivity index (χ2v) is 6.24. The first-order valence-electron chi connectivity index (χ1n) is 7.77. The van der Waals surface area contributed by atoms with Crippen molar-refractivity contribution in [2.75, 3.05) is 5.88 Å². The third kappa shape index (κ3) is 2.91. The summed E-state index contributed by atoms with van der Waals surface area (Å²) >= 11 is 5.93. The third-order valence-corrected chi connectivity index (χ3v) is 4.65. The summed E-state index contributed by atoms with van der Waals surface area (Å²) in [5.74, 6) is 2.32. The fourth-order valence-electron chi connectivity index (χ4n) is 3.39. The summed E-state index contributed by atoms with van der Waals surface area (Å²) in [5, 5.41) is 9.26. The van der Waals surface area contributed by atoms with E-state index in [1.807, 2.05) is 12.1 Å². The van der Waals surface area contributed by atoms with Gasteiger partial charge in [-0.15, -0.1) is 11.6 Å². The average molecular weight is 302 g/mol. The van der Waals surface area contributed by atoms with E-state index in [0.29, 0.717) is 11.4 Å². The molecule has 110 valence electrons. The Hall–Kier alpha value is -1.53. The van der Waals surface area contributed by atoms with Gasteiger partial charge in [-0.05, 0) is 30.9 Å². The van der Waals surface area contributed by atoms with Gasteiger partial charge in [-0.3, -0.25) is 0 Å². The molecular weight excluding hydrogens is 282 g/mol. The number of rotatable bonds is 4. The van der Waals surface area contributed by atoms with Crippen LogP contribution in [0, 0.1) is 17.2 Å². The minimum Gasteiger partial charge on any atom is -0.328 e. The summed E-state index contributed by atoms with van der Waals surface area (Å²) in [4.78, 5) is 4.69. The molecule has 2 aromatic rings. The van der Waals surface area contributed by atoms with Gasteiger partial charge in [0.1, 0.15) is 17.4 Å². The predicted octanol–water partition coefficient (Wildman–Crippen LogP) is 4.27. The Morgan fingerprint density at radius 3 is 2.81 bits per heavy atom. The standard InChI is InChI=1S/C17H20ClN3/c18-10-9-16-20-17-14(11-19)7-4-8-15(17)21(16)12-13-5-2-1-3-6-13/h4,7-8,13H,1-3,5-6,9-10,12H2. The maximum absolute atomic E-state index is 9.26. The number of imidazole rings is 1. The molecule has 0 spiro atoms. The lowest BCUT2D eigenvalue weighted by Crippen LogP contribution is -2.16. The lowest BCUT2D eigenvalue weighted by molar-refractivity contribution is 0.319. The molecule has 0 amide bonds. The van der Waals surface area contributed by atoms with Crippen LogP contribution in [-0.4, -0.2) is 15.4 Å². The van der Waals surface area contributed by atoms with Gasteiger partial charge in [0.25, 0.3) is 0 Å². The molecule has 3 rings (SSSR count). The van der Waals surface area contributed by atoms with Crippen LogP contribution in [0.4, 0.5) is 0 Å². The predicted molar refractivity (Wildman–Crippen MR) is 85.4 cm³/mol. The van der Waals surface area contributed by atoms with E-state index < -0.39 is 0 Å². The normalized spacial score (nSPS) is 16.2. The van der Waals surface area contributed by atoms with E-state index in [2.05, 4.69) is 16.7 Å². The van der Waals surface area contributed by atoms with Gasteiger partial charge in [-0.2, -0.15) is 5.26 Å². The SMILES string of the molecule is N#Cc1cccc2c1nc(CCCl)n2CC1CCCCC1. The molecule has 21 heavy (non-hydrogen) atoms. The topological polar surface area (TPSA) is 41.6 Å². The smallest absolute Gasteiger partial charge is 0.111 e. The van der Waals surface area contributed by atoms with Gasteiger partial charge >= 0.3 is 0 Å². The minimum atomic E-state index is 0.565. The van der Waals surface area contributed by atoms with Crippen LogP contribution < -0.4 is 0 Å². The summed E-state index contributed by atoms with van der Waals surface area (Å²) in [6.45, 7) is 1.01. The van der Waals surface area contributed by atoms with E-state index in [9.17, 15) is 5.26 Å². The Labute approximate surface area is 130 Å². The number of hydrogen-bond donors (Lipinski definition) is 0. The lowest BCUT2D eigenvalue weighted by Gasteiger charge is -2.23. The average Bonchev–Trinajstić information content (AvgIpc) is 2.87. The number of aromatic nitrogens is 2. The molecule has 0 bridgehead atoms. The number of hydrogen-bond acceptors (Lipinski definition) is 2. The summed E-state index contributed by atoms with van der Waals surface area (Å²) in [6.07, 6.45) is 7.41. The van der Waals surface area contributed by atoms with Crippen molar-refractivity contribution < 1.29 is 0 Å². The van der Waals surface area contributed by atoms with Crippen molar-refractivity contribution in [1.82, 2.24) is 9.55 Å². The van der Waals surface area contributed by atoms with Gasteiger partial charge in [0.2, 0.25) is 0 Å². The molecule has 1 fully saturated rings. The molecular formula is C17H20ClN3. The van der Waals surface area contributed by atoms with Crippen molar-refractivity contribution in [3.8, 4) is 6.07 Å². The van der Waals surface area contributed by atoms with Crippen LogP contribution in [-0.2, 0) is 13.0 Å². The zero-order valence-corrected chi connectivity index (χ0v) is 12.9. The molecule has 1 aliphatic carbocycles. The largest absolute Gasteiger partial charge is 0.328 e. The molecule has 4 heteroatoms.